The highest BCUT2D eigenvalue weighted by Gasteiger charge is 2.22. The molecule has 0 aliphatic carbocycles. The van der Waals surface area contributed by atoms with Crippen LogP contribution in [0.3, 0.4) is 0 Å². The molecule has 0 aromatic heterocycles. The number of hydrogen-bond acceptors (Lipinski definition) is 3. The second-order valence-electron chi connectivity index (χ2n) is 3.83. The topological polar surface area (TPSA) is 64.1 Å². The average Bonchev–Trinajstić information content (AvgIpc) is 2.17. The van der Waals surface area contributed by atoms with Gasteiger partial charge in [0, 0.05) is 40.3 Å². The van der Waals surface area contributed by atoms with Gasteiger partial charge in [-0.3, -0.25) is 9.69 Å². The highest BCUT2D eigenvalue weighted by atomic mass is 16.4. The molecule has 1 saturated heterocycles. The predicted molar refractivity (Wildman–Crippen MR) is 54.7 cm³/mol. The Hall–Kier alpha value is -1.30. The summed E-state index contributed by atoms with van der Waals surface area (Å²) in [7, 11) is 3.43. The van der Waals surface area contributed by atoms with Crippen molar-refractivity contribution in [2.75, 3.05) is 46.8 Å². The smallest absolute Gasteiger partial charge is 0.319 e. The number of urea groups is 1. The summed E-state index contributed by atoms with van der Waals surface area (Å²) < 4.78 is 0. The van der Waals surface area contributed by atoms with Crippen LogP contribution in [0, 0.1) is 0 Å². The van der Waals surface area contributed by atoms with Crippen LogP contribution in [0.2, 0.25) is 0 Å². The lowest BCUT2D eigenvalue weighted by Crippen LogP contribution is -2.52. The first-order valence-corrected chi connectivity index (χ1v) is 4.91. The van der Waals surface area contributed by atoms with E-state index in [9.17, 15) is 9.59 Å². The van der Waals surface area contributed by atoms with E-state index in [2.05, 4.69) is 0 Å². The standard InChI is InChI=1S/C9H17N3O3/c1-10(2)9(15)12-5-3-11(4-6-12)7-8(13)14/h3-7H2,1-2H3,(H,13,14). The van der Waals surface area contributed by atoms with Gasteiger partial charge in [-0.1, -0.05) is 0 Å². The molecule has 86 valence electrons. The summed E-state index contributed by atoms with van der Waals surface area (Å²) in [4.78, 5) is 27.1. The molecule has 1 N–H and O–H groups in total. The number of nitrogens with zero attached hydrogens (tertiary/aromatic N) is 3. The summed E-state index contributed by atoms with van der Waals surface area (Å²) in [6, 6.07) is -0.00928. The summed E-state index contributed by atoms with van der Waals surface area (Å²) in [6.45, 7) is 2.52. The molecule has 1 rings (SSSR count). The summed E-state index contributed by atoms with van der Waals surface area (Å²) in [5.41, 5.74) is 0. The summed E-state index contributed by atoms with van der Waals surface area (Å²) in [6.07, 6.45) is 0. The van der Waals surface area contributed by atoms with E-state index in [1.165, 1.54) is 4.90 Å². The minimum Gasteiger partial charge on any atom is -0.480 e. The number of carboxylic acids is 1. The van der Waals surface area contributed by atoms with Crippen LogP contribution < -0.4 is 0 Å². The van der Waals surface area contributed by atoms with Crippen LogP contribution in [0.1, 0.15) is 0 Å². The lowest BCUT2D eigenvalue weighted by molar-refractivity contribution is -0.138. The van der Waals surface area contributed by atoms with E-state index in [1.807, 2.05) is 4.90 Å². The molecule has 2 amide bonds. The Morgan fingerprint density at radius 3 is 2.13 bits per heavy atom. The molecule has 0 saturated carbocycles. The Morgan fingerprint density at radius 2 is 1.73 bits per heavy atom. The van der Waals surface area contributed by atoms with Crippen molar-refractivity contribution in [3.63, 3.8) is 0 Å². The third kappa shape index (κ3) is 3.39. The van der Waals surface area contributed by atoms with Crippen LogP contribution in [0.15, 0.2) is 0 Å². The van der Waals surface area contributed by atoms with Crippen LogP contribution in [0.4, 0.5) is 4.79 Å². The second kappa shape index (κ2) is 4.97. The quantitative estimate of drug-likeness (QED) is 0.666. The maximum atomic E-state index is 11.5. The molecule has 1 aliphatic heterocycles. The molecule has 1 heterocycles. The van der Waals surface area contributed by atoms with Crippen molar-refractivity contribution in [2.45, 2.75) is 0 Å². The SMILES string of the molecule is CN(C)C(=O)N1CCN(CC(=O)O)CC1. The normalized spacial score (nSPS) is 17.6. The van der Waals surface area contributed by atoms with Gasteiger partial charge in [0.25, 0.3) is 0 Å². The summed E-state index contributed by atoms with van der Waals surface area (Å²) in [5, 5.41) is 8.60. The van der Waals surface area contributed by atoms with Crippen LogP contribution in [-0.4, -0.2) is 78.6 Å². The Balaban J connectivity index is 2.35. The van der Waals surface area contributed by atoms with E-state index >= 15 is 0 Å². The van der Waals surface area contributed by atoms with Crippen molar-refractivity contribution in [1.82, 2.24) is 14.7 Å². The zero-order valence-corrected chi connectivity index (χ0v) is 9.14. The van der Waals surface area contributed by atoms with Gasteiger partial charge in [0.1, 0.15) is 0 Å². The summed E-state index contributed by atoms with van der Waals surface area (Å²) in [5.74, 6) is -0.817. The van der Waals surface area contributed by atoms with E-state index < -0.39 is 5.97 Å². The molecule has 1 aliphatic rings. The number of aliphatic carboxylic acids is 1. The molecule has 0 spiro atoms. The lowest BCUT2D eigenvalue weighted by Gasteiger charge is -2.35. The molecule has 0 aromatic rings. The van der Waals surface area contributed by atoms with Crippen LogP contribution in [0.25, 0.3) is 0 Å². The summed E-state index contributed by atoms with van der Waals surface area (Å²) >= 11 is 0. The van der Waals surface area contributed by atoms with Crippen molar-refractivity contribution in [1.29, 1.82) is 0 Å². The first kappa shape index (κ1) is 11.8. The number of carboxylic acid groups (broad SMARTS) is 1. The van der Waals surface area contributed by atoms with Gasteiger partial charge in [-0.15, -0.1) is 0 Å². The van der Waals surface area contributed by atoms with Gasteiger partial charge in [0.15, 0.2) is 0 Å². The molecule has 0 aromatic carbocycles. The minimum absolute atomic E-state index is 0.00928. The number of amides is 2. The zero-order valence-electron chi connectivity index (χ0n) is 9.14. The van der Waals surface area contributed by atoms with Gasteiger partial charge in [-0.25, -0.2) is 4.79 Å². The van der Waals surface area contributed by atoms with Gasteiger partial charge < -0.3 is 14.9 Å². The van der Waals surface area contributed by atoms with Gasteiger partial charge in [0.2, 0.25) is 0 Å². The maximum absolute atomic E-state index is 11.5. The van der Waals surface area contributed by atoms with E-state index in [4.69, 9.17) is 5.11 Å². The molecule has 6 nitrogen and oxygen atoms in total. The van der Waals surface area contributed by atoms with Crippen LogP contribution >= 0.6 is 0 Å². The van der Waals surface area contributed by atoms with Crippen molar-refractivity contribution >= 4 is 12.0 Å². The molecule has 6 heteroatoms. The van der Waals surface area contributed by atoms with Crippen LogP contribution in [0.5, 0.6) is 0 Å². The molecular formula is C9H17N3O3. The van der Waals surface area contributed by atoms with Crippen LogP contribution in [-0.2, 0) is 4.79 Å². The molecule has 0 atom stereocenters. The fraction of sp³-hybridized carbons (Fsp3) is 0.778. The fourth-order valence-electron chi connectivity index (χ4n) is 1.57. The number of carbonyl (C=O) groups is 2. The highest BCUT2D eigenvalue weighted by Crippen LogP contribution is 2.03. The monoisotopic (exact) mass is 215 g/mol. The average molecular weight is 215 g/mol. The van der Waals surface area contributed by atoms with E-state index in [0.29, 0.717) is 26.2 Å². The van der Waals surface area contributed by atoms with E-state index in [0.717, 1.165) is 0 Å². The molecule has 15 heavy (non-hydrogen) atoms. The minimum atomic E-state index is -0.817. The number of rotatable bonds is 2. The fourth-order valence-corrected chi connectivity index (χ4v) is 1.57. The zero-order chi connectivity index (χ0) is 11.4. The van der Waals surface area contributed by atoms with Gasteiger partial charge in [0.05, 0.1) is 6.54 Å². The first-order valence-electron chi connectivity index (χ1n) is 4.91. The van der Waals surface area contributed by atoms with Crippen molar-refractivity contribution in [3.05, 3.63) is 0 Å². The van der Waals surface area contributed by atoms with Gasteiger partial charge in [-0.05, 0) is 0 Å². The Bertz CT molecular complexity index is 247. The maximum Gasteiger partial charge on any atom is 0.319 e. The first-order chi connectivity index (χ1) is 7.00. The molecule has 0 bridgehead atoms. The van der Waals surface area contributed by atoms with E-state index in [-0.39, 0.29) is 12.6 Å². The van der Waals surface area contributed by atoms with Crippen molar-refractivity contribution in [2.24, 2.45) is 0 Å². The Labute approximate surface area is 89.0 Å². The lowest BCUT2D eigenvalue weighted by atomic mass is 10.3. The molecular weight excluding hydrogens is 198 g/mol. The molecule has 0 radical (unpaired) electrons. The van der Waals surface area contributed by atoms with E-state index in [1.54, 1.807) is 19.0 Å². The van der Waals surface area contributed by atoms with Crippen molar-refractivity contribution in [3.8, 4) is 0 Å². The Morgan fingerprint density at radius 1 is 1.20 bits per heavy atom. The third-order valence-electron chi connectivity index (χ3n) is 2.38. The third-order valence-corrected chi connectivity index (χ3v) is 2.38. The molecule has 1 fully saturated rings. The van der Waals surface area contributed by atoms with Crippen molar-refractivity contribution < 1.29 is 14.7 Å². The van der Waals surface area contributed by atoms with Gasteiger partial charge >= 0.3 is 12.0 Å². The predicted octanol–water partition coefficient (Wildman–Crippen LogP) is -0.630. The highest BCUT2D eigenvalue weighted by molar-refractivity contribution is 5.74. The molecule has 0 unspecified atom stereocenters. The second-order valence-corrected chi connectivity index (χ2v) is 3.83. The number of hydrogen-bond donors (Lipinski definition) is 1. The number of carbonyl (C=O) groups excluding carboxylic acids is 1. The number of piperazine rings is 1. The van der Waals surface area contributed by atoms with Gasteiger partial charge in [-0.2, -0.15) is 0 Å². The Kier molecular flexibility index (Phi) is 3.90. The largest absolute Gasteiger partial charge is 0.480 e.